The molecule has 0 atom stereocenters. The monoisotopic (exact) mass is 470 g/mol. The summed E-state index contributed by atoms with van der Waals surface area (Å²) in [6.45, 7) is 3.50. The second kappa shape index (κ2) is 11.5. The summed E-state index contributed by atoms with van der Waals surface area (Å²) in [5.41, 5.74) is 2.29. The third-order valence-corrected chi connectivity index (χ3v) is 3.91. The molecule has 138 valence electrons. The predicted octanol–water partition coefficient (Wildman–Crippen LogP) is 0.878. The molecule has 0 aliphatic heterocycles. The van der Waals surface area contributed by atoms with Gasteiger partial charge in [0.15, 0.2) is 5.96 Å². The van der Waals surface area contributed by atoms with Crippen molar-refractivity contribution in [3.8, 4) is 5.75 Å². The number of methoxy groups -OCH3 is 1. The molecule has 0 heterocycles. The highest BCUT2D eigenvalue weighted by Crippen LogP contribution is 2.18. The summed E-state index contributed by atoms with van der Waals surface area (Å²) in [6, 6.07) is 6.15. The van der Waals surface area contributed by atoms with E-state index in [1.807, 2.05) is 19.1 Å². The average Bonchev–Trinajstić information content (AvgIpc) is 2.50. The van der Waals surface area contributed by atoms with E-state index in [0.29, 0.717) is 25.6 Å². The van der Waals surface area contributed by atoms with Gasteiger partial charge < -0.3 is 15.4 Å². The molecule has 0 aromatic heterocycles. The molecule has 9 heteroatoms. The number of hydrogen-bond acceptors (Lipinski definition) is 4. The largest absolute Gasteiger partial charge is 0.496 e. The van der Waals surface area contributed by atoms with Crippen LogP contribution in [-0.2, 0) is 16.4 Å². The molecule has 24 heavy (non-hydrogen) atoms. The number of rotatable bonds is 8. The van der Waals surface area contributed by atoms with Crippen LogP contribution in [0.25, 0.3) is 0 Å². The van der Waals surface area contributed by atoms with Gasteiger partial charge in [0.1, 0.15) is 5.75 Å². The number of ether oxygens (including phenoxy) is 1. The number of aliphatic imine (C=N–C) groups is 1. The minimum atomic E-state index is -3.15. The van der Waals surface area contributed by atoms with E-state index in [1.54, 1.807) is 14.2 Å². The van der Waals surface area contributed by atoms with E-state index in [-0.39, 0.29) is 24.0 Å². The van der Waals surface area contributed by atoms with Crippen LogP contribution in [-0.4, -0.2) is 54.4 Å². The lowest BCUT2D eigenvalue weighted by Gasteiger charge is -2.12. The number of guanidine groups is 1. The van der Waals surface area contributed by atoms with Gasteiger partial charge >= 0.3 is 0 Å². The molecule has 0 aliphatic rings. The second-order valence-electron chi connectivity index (χ2n) is 5.15. The number of aryl methyl sites for hydroxylation is 1. The number of benzene rings is 1. The summed E-state index contributed by atoms with van der Waals surface area (Å²) >= 11 is 0. The molecule has 1 rings (SSSR count). The summed E-state index contributed by atoms with van der Waals surface area (Å²) in [6.07, 6.45) is 1.97. The van der Waals surface area contributed by atoms with Crippen LogP contribution in [0.4, 0.5) is 0 Å². The Morgan fingerprint density at radius 1 is 1.21 bits per heavy atom. The van der Waals surface area contributed by atoms with Gasteiger partial charge in [0.2, 0.25) is 10.0 Å². The fraction of sp³-hybridized carbons (Fsp3) is 0.533. The normalized spacial score (nSPS) is 11.6. The van der Waals surface area contributed by atoms with E-state index < -0.39 is 10.0 Å². The van der Waals surface area contributed by atoms with Crippen molar-refractivity contribution in [1.82, 2.24) is 15.4 Å². The minimum absolute atomic E-state index is 0. The first-order valence-electron chi connectivity index (χ1n) is 7.38. The van der Waals surface area contributed by atoms with E-state index in [9.17, 15) is 8.42 Å². The highest BCUT2D eigenvalue weighted by Gasteiger charge is 2.03. The number of nitrogens with zero attached hydrogens (tertiary/aromatic N) is 1. The van der Waals surface area contributed by atoms with Crippen molar-refractivity contribution in [3.05, 3.63) is 29.3 Å². The van der Waals surface area contributed by atoms with Gasteiger partial charge in [-0.15, -0.1) is 24.0 Å². The summed E-state index contributed by atoms with van der Waals surface area (Å²) in [7, 11) is 0.188. The Bertz CT molecular complexity index is 636. The maximum absolute atomic E-state index is 11.0. The molecule has 3 N–H and O–H groups in total. The smallest absolute Gasteiger partial charge is 0.208 e. The predicted molar refractivity (Wildman–Crippen MR) is 109 cm³/mol. The number of hydrogen-bond donors (Lipinski definition) is 3. The number of sulfonamides is 1. The Labute approximate surface area is 161 Å². The Balaban J connectivity index is 0.00000529. The van der Waals surface area contributed by atoms with Gasteiger partial charge in [0.25, 0.3) is 0 Å². The first-order chi connectivity index (χ1) is 10.9. The van der Waals surface area contributed by atoms with Crippen molar-refractivity contribution in [2.75, 3.05) is 40.0 Å². The van der Waals surface area contributed by atoms with Crippen LogP contribution in [0, 0.1) is 6.92 Å². The molecule has 0 bridgehead atoms. The van der Waals surface area contributed by atoms with Crippen molar-refractivity contribution < 1.29 is 13.2 Å². The maximum Gasteiger partial charge on any atom is 0.208 e. The summed E-state index contributed by atoms with van der Waals surface area (Å²) in [4.78, 5) is 4.09. The molecule has 0 saturated heterocycles. The van der Waals surface area contributed by atoms with E-state index in [2.05, 4.69) is 26.4 Å². The third kappa shape index (κ3) is 9.28. The first kappa shape index (κ1) is 22.9. The molecule has 1 aromatic rings. The summed E-state index contributed by atoms with van der Waals surface area (Å²) in [5.74, 6) is 1.52. The van der Waals surface area contributed by atoms with Crippen LogP contribution < -0.4 is 20.1 Å². The van der Waals surface area contributed by atoms with E-state index in [0.717, 1.165) is 24.0 Å². The Kier molecular flexibility index (Phi) is 11.0. The van der Waals surface area contributed by atoms with Gasteiger partial charge in [0.05, 0.1) is 13.4 Å². The fourth-order valence-corrected chi connectivity index (χ4v) is 2.46. The number of halogens is 1. The van der Waals surface area contributed by atoms with Gasteiger partial charge in [-0.1, -0.05) is 12.1 Å². The van der Waals surface area contributed by atoms with Crippen molar-refractivity contribution in [3.63, 3.8) is 0 Å². The van der Waals surface area contributed by atoms with Gasteiger partial charge in [-0.25, -0.2) is 13.1 Å². The lowest BCUT2D eigenvalue weighted by molar-refractivity contribution is 0.411. The Morgan fingerprint density at radius 3 is 2.46 bits per heavy atom. The van der Waals surface area contributed by atoms with Crippen molar-refractivity contribution in [1.29, 1.82) is 0 Å². The molecule has 0 radical (unpaired) electrons. The SMILES string of the molecule is CN=C(NCCNS(C)(=O)=O)NCCc1ccc(C)c(OC)c1.I. The Hall–Kier alpha value is -1.07. The molecule has 0 fully saturated rings. The molecular weight excluding hydrogens is 443 g/mol. The van der Waals surface area contributed by atoms with Gasteiger partial charge in [0, 0.05) is 26.7 Å². The highest BCUT2D eigenvalue weighted by atomic mass is 127. The maximum atomic E-state index is 11.0. The van der Waals surface area contributed by atoms with Crippen LogP contribution in [0.15, 0.2) is 23.2 Å². The van der Waals surface area contributed by atoms with Crippen molar-refractivity contribution in [2.24, 2.45) is 4.99 Å². The molecule has 1 aromatic carbocycles. The summed E-state index contributed by atoms with van der Waals surface area (Å²) < 4.78 is 29.6. The van der Waals surface area contributed by atoms with E-state index in [4.69, 9.17) is 4.74 Å². The van der Waals surface area contributed by atoms with Crippen LogP contribution in [0.5, 0.6) is 5.75 Å². The van der Waals surface area contributed by atoms with Gasteiger partial charge in [-0.2, -0.15) is 0 Å². The van der Waals surface area contributed by atoms with Crippen LogP contribution in [0.3, 0.4) is 0 Å². The molecule has 0 spiro atoms. The molecule has 0 unspecified atom stereocenters. The standard InChI is InChI=1S/C15H26N4O3S.HI/c1-12-5-6-13(11-14(12)22-3)7-8-17-15(16-2)18-9-10-19-23(4,20)21;/h5-6,11,19H,7-10H2,1-4H3,(H2,16,17,18);1H. The molecule has 0 aliphatic carbocycles. The van der Waals surface area contributed by atoms with Crippen molar-refractivity contribution >= 4 is 40.0 Å². The average molecular weight is 470 g/mol. The van der Waals surface area contributed by atoms with Crippen molar-refractivity contribution in [2.45, 2.75) is 13.3 Å². The topological polar surface area (TPSA) is 91.8 Å². The van der Waals surface area contributed by atoms with E-state index in [1.165, 1.54) is 5.56 Å². The van der Waals surface area contributed by atoms with Crippen LogP contribution in [0.1, 0.15) is 11.1 Å². The molecule has 0 saturated carbocycles. The molecule has 7 nitrogen and oxygen atoms in total. The van der Waals surface area contributed by atoms with Crippen LogP contribution in [0.2, 0.25) is 0 Å². The molecular formula is C15H27IN4O3S. The zero-order valence-corrected chi connectivity index (χ0v) is 17.7. The second-order valence-corrected chi connectivity index (χ2v) is 6.98. The summed E-state index contributed by atoms with van der Waals surface area (Å²) in [5, 5.41) is 6.24. The van der Waals surface area contributed by atoms with Gasteiger partial charge in [-0.05, 0) is 30.5 Å². The zero-order valence-electron chi connectivity index (χ0n) is 14.5. The zero-order chi connectivity index (χ0) is 17.3. The number of nitrogens with one attached hydrogen (secondary N) is 3. The Morgan fingerprint density at radius 2 is 1.88 bits per heavy atom. The van der Waals surface area contributed by atoms with Gasteiger partial charge in [-0.3, -0.25) is 4.99 Å². The third-order valence-electron chi connectivity index (χ3n) is 3.18. The minimum Gasteiger partial charge on any atom is -0.496 e. The fourth-order valence-electron chi connectivity index (χ4n) is 1.98. The quantitative estimate of drug-likeness (QED) is 0.227. The first-order valence-corrected chi connectivity index (χ1v) is 9.27. The lowest BCUT2D eigenvalue weighted by Crippen LogP contribution is -2.42. The van der Waals surface area contributed by atoms with E-state index >= 15 is 0 Å². The molecule has 0 amide bonds. The lowest BCUT2D eigenvalue weighted by atomic mass is 10.1. The highest BCUT2D eigenvalue weighted by molar-refractivity contribution is 14.0. The van der Waals surface area contributed by atoms with Crippen LogP contribution >= 0.6 is 24.0 Å².